The Balaban J connectivity index is 2.19. The Bertz CT molecular complexity index is 445. The summed E-state index contributed by atoms with van der Waals surface area (Å²) in [6, 6.07) is 2.59. The summed E-state index contributed by atoms with van der Waals surface area (Å²) in [5.74, 6) is 0. The second-order valence-corrected chi connectivity index (χ2v) is 6.61. The molecule has 1 aromatic heterocycles. The molecule has 1 fully saturated rings. The number of nitrogens with zero attached hydrogens (tertiary/aromatic N) is 2. The summed E-state index contributed by atoms with van der Waals surface area (Å²) < 4.78 is 5.99. The molecule has 1 saturated heterocycles. The number of pyridine rings is 1. The highest BCUT2D eigenvalue weighted by Gasteiger charge is 2.32. The number of hydrogen-bond acceptors (Lipinski definition) is 4. The number of morpholine rings is 1. The zero-order chi connectivity index (χ0) is 14.8. The molecule has 0 radical (unpaired) electrons. The van der Waals surface area contributed by atoms with E-state index in [0.717, 1.165) is 19.6 Å². The topological polar surface area (TPSA) is 37.4 Å². The van der Waals surface area contributed by atoms with Gasteiger partial charge in [-0.1, -0.05) is 13.8 Å². The smallest absolute Gasteiger partial charge is 0.0805 e. The molecule has 112 valence electrons. The van der Waals surface area contributed by atoms with Crippen LogP contribution in [0, 0.1) is 0 Å². The van der Waals surface area contributed by atoms with Crippen LogP contribution in [0.2, 0.25) is 0 Å². The molecule has 20 heavy (non-hydrogen) atoms. The fourth-order valence-corrected chi connectivity index (χ4v) is 2.82. The molecule has 4 heteroatoms. The van der Waals surface area contributed by atoms with Gasteiger partial charge in [-0.2, -0.15) is 0 Å². The Kier molecular flexibility index (Phi) is 4.66. The van der Waals surface area contributed by atoms with Crippen LogP contribution in [0.1, 0.15) is 40.2 Å². The lowest BCUT2D eigenvalue weighted by Gasteiger charge is -2.43. The molecule has 0 saturated carbocycles. The van der Waals surface area contributed by atoms with Crippen molar-refractivity contribution in [1.82, 2.24) is 10.3 Å². The Morgan fingerprint density at radius 2 is 2.25 bits per heavy atom. The zero-order valence-corrected chi connectivity index (χ0v) is 13.3. The Morgan fingerprint density at radius 3 is 2.90 bits per heavy atom. The van der Waals surface area contributed by atoms with Gasteiger partial charge < -0.3 is 15.0 Å². The van der Waals surface area contributed by atoms with Crippen LogP contribution in [-0.4, -0.2) is 35.8 Å². The predicted octanol–water partition coefficient (Wildman–Crippen LogP) is 2.58. The summed E-state index contributed by atoms with van der Waals surface area (Å²) in [6.45, 7) is 13.5. The molecule has 0 bridgehead atoms. The van der Waals surface area contributed by atoms with Gasteiger partial charge >= 0.3 is 0 Å². The molecule has 1 aromatic rings. The van der Waals surface area contributed by atoms with E-state index in [2.05, 4.69) is 55.9 Å². The van der Waals surface area contributed by atoms with Crippen molar-refractivity contribution in [1.29, 1.82) is 0 Å². The summed E-state index contributed by atoms with van der Waals surface area (Å²) in [5.41, 5.74) is 2.42. The average Bonchev–Trinajstić information content (AvgIpc) is 2.34. The molecule has 0 aromatic carbocycles. The molecule has 0 spiro atoms. The third-order valence-corrected chi connectivity index (χ3v) is 3.49. The number of rotatable bonds is 4. The summed E-state index contributed by atoms with van der Waals surface area (Å²) in [4.78, 5) is 6.70. The summed E-state index contributed by atoms with van der Waals surface area (Å²) in [7, 11) is 0. The van der Waals surface area contributed by atoms with E-state index in [1.807, 2.05) is 12.4 Å². The van der Waals surface area contributed by atoms with Crippen LogP contribution < -0.4 is 10.2 Å². The standard InChI is InChI=1S/C16H27N3O/c1-12(2)18-9-14-8-17-7-6-15(14)19-10-13(3)20-16(4,5)11-19/h6-8,12-13,18H,9-11H2,1-5H3. The molecule has 2 heterocycles. The van der Waals surface area contributed by atoms with Crippen LogP contribution in [0.5, 0.6) is 0 Å². The fraction of sp³-hybridized carbons (Fsp3) is 0.688. The van der Waals surface area contributed by atoms with Crippen LogP contribution >= 0.6 is 0 Å². The van der Waals surface area contributed by atoms with E-state index < -0.39 is 0 Å². The van der Waals surface area contributed by atoms with Crippen molar-refractivity contribution in [3.05, 3.63) is 24.0 Å². The largest absolute Gasteiger partial charge is 0.369 e. The third kappa shape index (κ3) is 3.93. The van der Waals surface area contributed by atoms with Gasteiger partial charge in [0, 0.05) is 49.3 Å². The first-order valence-corrected chi connectivity index (χ1v) is 7.46. The van der Waals surface area contributed by atoms with Crippen LogP contribution in [0.25, 0.3) is 0 Å². The predicted molar refractivity (Wildman–Crippen MR) is 83.1 cm³/mol. The van der Waals surface area contributed by atoms with Gasteiger partial charge in [-0.05, 0) is 26.8 Å². The van der Waals surface area contributed by atoms with E-state index in [4.69, 9.17) is 4.74 Å². The first kappa shape index (κ1) is 15.3. The highest BCUT2D eigenvalue weighted by molar-refractivity contribution is 5.53. The normalized spacial score (nSPS) is 22.3. The van der Waals surface area contributed by atoms with Crippen molar-refractivity contribution in [2.24, 2.45) is 0 Å². The van der Waals surface area contributed by atoms with E-state index in [1.165, 1.54) is 11.3 Å². The molecule has 2 rings (SSSR count). The number of nitrogens with one attached hydrogen (secondary N) is 1. The first-order chi connectivity index (χ1) is 9.37. The van der Waals surface area contributed by atoms with Crippen molar-refractivity contribution in [2.75, 3.05) is 18.0 Å². The van der Waals surface area contributed by atoms with Gasteiger partial charge in [-0.3, -0.25) is 4.98 Å². The summed E-state index contributed by atoms with van der Waals surface area (Å²) >= 11 is 0. The van der Waals surface area contributed by atoms with E-state index in [9.17, 15) is 0 Å². The lowest BCUT2D eigenvalue weighted by atomic mass is 10.0. The van der Waals surface area contributed by atoms with Crippen LogP contribution in [-0.2, 0) is 11.3 Å². The molecule has 0 aliphatic carbocycles. The van der Waals surface area contributed by atoms with Crippen molar-refractivity contribution in [3.8, 4) is 0 Å². The van der Waals surface area contributed by atoms with Gasteiger partial charge in [0.15, 0.2) is 0 Å². The van der Waals surface area contributed by atoms with Gasteiger partial charge in [0.25, 0.3) is 0 Å². The van der Waals surface area contributed by atoms with Gasteiger partial charge in [0.2, 0.25) is 0 Å². The second kappa shape index (κ2) is 6.10. The lowest BCUT2D eigenvalue weighted by molar-refractivity contribution is -0.0750. The molecular weight excluding hydrogens is 250 g/mol. The molecule has 1 unspecified atom stereocenters. The number of anilines is 1. The molecule has 1 atom stereocenters. The van der Waals surface area contributed by atoms with Crippen molar-refractivity contribution >= 4 is 5.69 Å². The highest BCUT2D eigenvalue weighted by atomic mass is 16.5. The van der Waals surface area contributed by atoms with Crippen LogP contribution in [0.3, 0.4) is 0 Å². The monoisotopic (exact) mass is 277 g/mol. The maximum absolute atomic E-state index is 5.99. The fourth-order valence-electron chi connectivity index (χ4n) is 2.82. The van der Waals surface area contributed by atoms with E-state index >= 15 is 0 Å². The minimum Gasteiger partial charge on any atom is -0.369 e. The second-order valence-electron chi connectivity index (χ2n) is 6.61. The van der Waals surface area contributed by atoms with Crippen LogP contribution in [0.4, 0.5) is 5.69 Å². The lowest BCUT2D eigenvalue weighted by Crippen LogP contribution is -2.52. The first-order valence-electron chi connectivity index (χ1n) is 7.46. The number of hydrogen-bond donors (Lipinski definition) is 1. The number of aromatic nitrogens is 1. The summed E-state index contributed by atoms with van der Waals surface area (Å²) in [5, 5.41) is 3.48. The zero-order valence-electron chi connectivity index (χ0n) is 13.3. The highest BCUT2D eigenvalue weighted by Crippen LogP contribution is 2.28. The van der Waals surface area contributed by atoms with Crippen LogP contribution in [0.15, 0.2) is 18.5 Å². The van der Waals surface area contributed by atoms with Gasteiger partial charge in [0.1, 0.15) is 0 Å². The molecular formula is C16H27N3O. The minimum atomic E-state index is -0.107. The van der Waals surface area contributed by atoms with Crippen molar-refractivity contribution < 1.29 is 4.74 Å². The molecule has 1 aliphatic rings. The van der Waals surface area contributed by atoms with Gasteiger partial charge in [-0.25, -0.2) is 0 Å². The Hall–Kier alpha value is -1.13. The molecule has 1 aliphatic heterocycles. The average molecular weight is 277 g/mol. The molecule has 1 N–H and O–H groups in total. The quantitative estimate of drug-likeness (QED) is 0.918. The van der Waals surface area contributed by atoms with Crippen molar-refractivity contribution in [3.63, 3.8) is 0 Å². The van der Waals surface area contributed by atoms with E-state index in [0.29, 0.717) is 6.04 Å². The summed E-state index contributed by atoms with van der Waals surface area (Å²) in [6.07, 6.45) is 4.09. The van der Waals surface area contributed by atoms with E-state index in [1.54, 1.807) is 0 Å². The molecule has 0 amide bonds. The maximum Gasteiger partial charge on any atom is 0.0805 e. The minimum absolute atomic E-state index is 0.107. The number of ether oxygens (including phenoxy) is 1. The Labute approximate surface area is 122 Å². The van der Waals surface area contributed by atoms with E-state index in [-0.39, 0.29) is 11.7 Å². The van der Waals surface area contributed by atoms with Gasteiger partial charge in [-0.15, -0.1) is 0 Å². The van der Waals surface area contributed by atoms with Gasteiger partial charge in [0.05, 0.1) is 11.7 Å². The molecule has 4 nitrogen and oxygen atoms in total. The van der Waals surface area contributed by atoms with Crippen molar-refractivity contribution in [2.45, 2.75) is 58.9 Å². The Morgan fingerprint density at radius 1 is 1.50 bits per heavy atom. The third-order valence-electron chi connectivity index (χ3n) is 3.49. The SMILES string of the molecule is CC(C)NCc1cnccc1N1CC(C)OC(C)(C)C1. The maximum atomic E-state index is 5.99.